The predicted octanol–water partition coefficient (Wildman–Crippen LogP) is 0.690. The van der Waals surface area contributed by atoms with E-state index < -0.39 is 0 Å². The Bertz CT molecular complexity index is 283. The number of nitrogens with zero attached hydrogens (tertiary/aromatic N) is 2. The van der Waals surface area contributed by atoms with Gasteiger partial charge in [-0.3, -0.25) is 0 Å². The molecule has 0 amide bonds. The first-order valence-electron chi connectivity index (χ1n) is 5.05. The van der Waals surface area contributed by atoms with Crippen LogP contribution in [0.3, 0.4) is 0 Å². The Morgan fingerprint density at radius 1 is 1.19 bits per heavy atom. The molecule has 0 fully saturated rings. The standard InChI is InChI=1S/C9H17N3O3S/c1-13-3-2-4-14-5-6-15-7-8-9(10)16-12-11-8/h2-7,10H2,1H3. The molecule has 0 aliphatic carbocycles. The van der Waals surface area contributed by atoms with E-state index in [1.54, 1.807) is 7.11 Å². The van der Waals surface area contributed by atoms with Crippen LogP contribution >= 0.6 is 11.5 Å². The highest BCUT2D eigenvalue weighted by Gasteiger charge is 2.03. The van der Waals surface area contributed by atoms with Crippen molar-refractivity contribution in [3.63, 3.8) is 0 Å². The minimum absolute atomic E-state index is 0.393. The predicted molar refractivity (Wildman–Crippen MR) is 61.3 cm³/mol. The van der Waals surface area contributed by atoms with Crippen LogP contribution in [0.25, 0.3) is 0 Å². The fourth-order valence-corrected chi connectivity index (χ4v) is 1.44. The molecule has 1 rings (SSSR count). The fourth-order valence-electron chi connectivity index (χ4n) is 1.01. The lowest BCUT2D eigenvalue weighted by molar-refractivity contribution is 0.0329. The summed E-state index contributed by atoms with van der Waals surface area (Å²) in [5.74, 6) is 0. The molecule has 0 radical (unpaired) electrons. The van der Waals surface area contributed by atoms with Crippen LogP contribution < -0.4 is 5.73 Å². The second-order valence-corrected chi connectivity index (χ2v) is 3.88. The molecule has 0 bridgehead atoms. The highest BCUT2D eigenvalue weighted by Crippen LogP contribution is 2.12. The van der Waals surface area contributed by atoms with Crippen molar-refractivity contribution in [2.75, 3.05) is 39.3 Å². The lowest BCUT2D eigenvalue weighted by Gasteiger charge is -2.04. The van der Waals surface area contributed by atoms with E-state index in [9.17, 15) is 0 Å². The van der Waals surface area contributed by atoms with Gasteiger partial charge in [0.15, 0.2) is 0 Å². The minimum atomic E-state index is 0.393. The summed E-state index contributed by atoms with van der Waals surface area (Å²) in [6.07, 6.45) is 0.902. The average molecular weight is 247 g/mol. The highest BCUT2D eigenvalue weighted by atomic mass is 32.1. The van der Waals surface area contributed by atoms with Crippen LogP contribution in [-0.4, -0.2) is 43.1 Å². The summed E-state index contributed by atoms with van der Waals surface area (Å²) in [5, 5.41) is 4.45. The van der Waals surface area contributed by atoms with E-state index in [0.717, 1.165) is 13.0 Å². The number of anilines is 1. The third-order valence-electron chi connectivity index (χ3n) is 1.83. The first-order chi connectivity index (χ1) is 7.84. The SMILES string of the molecule is COCCCOCCOCc1nnsc1N. The second-order valence-electron chi connectivity index (χ2n) is 3.10. The van der Waals surface area contributed by atoms with Gasteiger partial charge in [0.05, 0.1) is 19.8 Å². The first-order valence-corrected chi connectivity index (χ1v) is 5.83. The van der Waals surface area contributed by atoms with Gasteiger partial charge in [0.25, 0.3) is 0 Å². The van der Waals surface area contributed by atoms with Gasteiger partial charge in [-0.05, 0) is 6.42 Å². The third-order valence-corrected chi connectivity index (χ3v) is 2.43. The molecular weight excluding hydrogens is 230 g/mol. The number of rotatable bonds is 9. The molecule has 1 aromatic heterocycles. The lowest BCUT2D eigenvalue weighted by atomic mass is 10.5. The van der Waals surface area contributed by atoms with Gasteiger partial charge >= 0.3 is 0 Å². The Hall–Kier alpha value is -0.760. The van der Waals surface area contributed by atoms with Crippen LogP contribution in [0.4, 0.5) is 5.00 Å². The molecule has 0 aliphatic heterocycles. The Morgan fingerprint density at radius 3 is 2.69 bits per heavy atom. The van der Waals surface area contributed by atoms with Crippen LogP contribution in [0.1, 0.15) is 12.1 Å². The maximum atomic E-state index is 5.60. The van der Waals surface area contributed by atoms with E-state index in [2.05, 4.69) is 9.59 Å². The maximum absolute atomic E-state index is 5.60. The van der Waals surface area contributed by atoms with Gasteiger partial charge < -0.3 is 19.9 Å². The van der Waals surface area contributed by atoms with E-state index >= 15 is 0 Å². The largest absolute Gasteiger partial charge is 0.388 e. The zero-order chi connectivity index (χ0) is 11.6. The van der Waals surface area contributed by atoms with Crippen molar-refractivity contribution in [1.82, 2.24) is 9.59 Å². The lowest BCUT2D eigenvalue weighted by Crippen LogP contribution is -2.07. The van der Waals surface area contributed by atoms with Gasteiger partial charge in [-0.25, -0.2) is 0 Å². The molecule has 0 unspecified atom stereocenters. The highest BCUT2D eigenvalue weighted by molar-refractivity contribution is 7.09. The molecule has 0 saturated carbocycles. The van der Waals surface area contributed by atoms with Crippen molar-refractivity contribution < 1.29 is 14.2 Å². The summed E-state index contributed by atoms with van der Waals surface area (Å²) >= 11 is 1.17. The van der Waals surface area contributed by atoms with Crippen molar-refractivity contribution in [1.29, 1.82) is 0 Å². The number of nitrogens with two attached hydrogens (primary N) is 1. The summed E-state index contributed by atoms with van der Waals surface area (Å²) in [6.45, 7) is 2.91. The Balaban J connectivity index is 1.91. The normalized spacial score (nSPS) is 10.8. The maximum Gasteiger partial charge on any atom is 0.133 e. The molecular formula is C9H17N3O3S. The van der Waals surface area contributed by atoms with Crippen molar-refractivity contribution >= 4 is 16.5 Å². The zero-order valence-electron chi connectivity index (χ0n) is 9.35. The molecule has 1 aromatic rings. The van der Waals surface area contributed by atoms with Gasteiger partial charge in [-0.15, -0.1) is 5.10 Å². The molecule has 0 aromatic carbocycles. The molecule has 0 saturated heterocycles. The van der Waals surface area contributed by atoms with Crippen LogP contribution in [0.15, 0.2) is 0 Å². The minimum Gasteiger partial charge on any atom is -0.388 e. The topological polar surface area (TPSA) is 79.5 Å². The number of aromatic nitrogens is 2. The van der Waals surface area contributed by atoms with E-state index in [4.69, 9.17) is 19.9 Å². The Labute approximate surface area is 98.9 Å². The Kier molecular flexibility index (Phi) is 6.98. The number of hydrogen-bond donors (Lipinski definition) is 1. The molecule has 2 N–H and O–H groups in total. The van der Waals surface area contributed by atoms with Crippen molar-refractivity contribution in [2.24, 2.45) is 0 Å². The summed E-state index contributed by atoms with van der Waals surface area (Å²) in [5.41, 5.74) is 6.30. The van der Waals surface area contributed by atoms with Crippen LogP contribution in [0, 0.1) is 0 Å². The number of nitrogen functional groups attached to an aromatic ring is 1. The van der Waals surface area contributed by atoms with E-state index in [0.29, 0.717) is 37.1 Å². The number of hydrogen-bond acceptors (Lipinski definition) is 7. The molecule has 0 atom stereocenters. The van der Waals surface area contributed by atoms with Gasteiger partial charge in [0.2, 0.25) is 0 Å². The van der Waals surface area contributed by atoms with Gasteiger partial charge in [-0.1, -0.05) is 4.49 Å². The number of ether oxygens (including phenoxy) is 3. The molecule has 6 nitrogen and oxygen atoms in total. The van der Waals surface area contributed by atoms with Crippen molar-refractivity contribution in [2.45, 2.75) is 13.0 Å². The van der Waals surface area contributed by atoms with E-state index in [1.165, 1.54) is 11.5 Å². The fraction of sp³-hybridized carbons (Fsp3) is 0.778. The van der Waals surface area contributed by atoms with Gasteiger partial charge in [0.1, 0.15) is 10.7 Å². The quantitative estimate of drug-likeness (QED) is 0.647. The summed E-state index contributed by atoms with van der Waals surface area (Å²) in [4.78, 5) is 0. The first kappa shape index (κ1) is 13.3. The summed E-state index contributed by atoms with van der Waals surface area (Å²) in [7, 11) is 1.68. The third kappa shape index (κ3) is 5.36. The zero-order valence-corrected chi connectivity index (χ0v) is 10.2. The monoisotopic (exact) mass is 247 g/mol. The molecule has 0 aliphatic rings. The van der Waals surface area contributed by atoms with Crippen molar-refractivity contribution in [3.8, 4) is 0 Å². The van der Waals surface area contributed by atoms with Crippen LogP contribution in [0.5, 0.6) is 0 Å². The molecule has 7 heteroatoms. The average Bonchev–Trinajstić information content (AvgIpc) is 2.68. The van der Waals surface area contributed by atoms with Crippen LogP contribution in [0.2, 0.25) is 0 Å². The van der Waals surface area contributed by atoms with Crippen LogP contribution in [-0.2, 0) is 20.8 Å². The second kappa shape index (κ2) is 8.40. The smallest absolute Gasteiger partial charge is 0.133 e. The number of methoxy groups -OCH3 is 1. The molecule has 0 spiro atoms. The molecule has 16 heavy (non-hydrogen) atoms. The van der Waals surface area contributed by atoms with E-state index in [1.807, 2.05) is 0 Å². The summed E-state index contributed by atoms with van der Waals surface area (Å²) in [6, 6.07) is 0. The molecule has 1 heterocycles. The van der Waals surface area contributed by atoms with E-state index in [-0.39, 0.29) is 0 Å². The summed E-state index contributed by atoms with van der Waals surface area (Å²) < 4.78 is 19.3. The van der Waals surface area contributed by atoms with Gasteiger partial charge in [0, 0.05) is 31.9 Å². The Morgan fingerprint density at radius 2 is 2.00 bits per heavy atom. The molecule has 92 valence electrons. The van der Waals surface area contributed by atoms with Gasteiger partial charge in [-0.2, -0.15) is 0 Å². The van der Waals surface area contributed by atoms with Crippen molar-refractivity contribution in [3.05, 3.63) is 5.69 Å².